The third-order valence-corrected chi connectivity index (χ3v) is 6.08. The molecule has 0 bridgehead atoms. The van der Waals surface area contributed by atoms with Crippen LogP contribution in [0.3, 0.4) is 0 Å². The normalized spacial score (nSPS) is 22.0. The van der Waals surface area contributed by atoms with Crippen LogP contribution < -0.4 is 4.72 Å². The molecule has 1 aliphatic heterocycles. The summed E-state index contributed by atoms with van der Waals surface area (Å²) in [6.07, 6.45) is 1.11. The molecule has 140 valence electrons. The van der Waals surface area contributed by atoms with E-state index in [0.717, 1.165) is 12.0 Å². The van der Waals surface area contributed by atoms with Crippen LogP contribution >= 0.6 is 0 Å². The first-order valence-electron chi connectivity index (χ1n) is 8.87. The molecule has 0 unspecified atom stereocenters. The third kappa shape index (κ3) is 5.28. The third-order valence-electron chi connectivity index (χ3n) is 4.67. The van der Waals surface area contributed by atoms with Crippen LogP contribution in [0.15, 0.2) is 29.2 Å². The van der Waals surface area contributed by atoms with Crippen LogP contribution in [0.25, 0.3) is 0 Å². The van der Waals surface area contributed by atoms with Crippen LogP contribution in [0.1, 0.15) is 46.6 Å². The second-order valence-corrected chi connectivity index (χ2v) is 10.1. The van der Waals surface area contributed by atoms with Gasteiger partial charge in [-0.3, -0.25) is 4.79 Å². The monoisotopic (exact) mass is 366 g/mol. The van der Waals surface area contributed by atoms with E-state index in [1.807, 2.05) is 12.1 Å². The maximum Gasteiger partial charge on any atom is 0.241 e. The Morgan fingerprint density at radius 1 is 1.12 bits per heavy atom. The molecule has 1 amide bonds. The van der Waals surface area contributed by atoms with Crippen LogP contribution in [0, 0.1) is 11.8 Å². The second-order valence-electron chi connectivity index (χ2n) is 8.34. The molecule has 0 aliphatic carbocycles. The minimum Gasteiger partial charge on any atom is -0.341 e. The molecule has 1 heterocycles. The Bertz CT molecular complexity index is 695. The van der Waals surface area contributed by atoms with Crippen LogP contribution in [0.4, 0.5) is 0 Å². The van der Waals surface area contributed by atoms with Crippen molar-refractivity contribution in [1.29, 1.82) is 0 Å². The Labute approximate surface area is 151 Å². The number of carbonyl (C=O) groups is 1. The lowest BCUT2D eigenvalue weighted by Gasteiger charge is -2.35. The van der Waals surface area contributed by atoms with Gasteiger partial charge in [0.2, 0.25) is 15.9 Å². The summed E-state index contributed by atoms with van der Waals surface area (Å²) in [7, 11) is -3.68. The highest BCUT2D eigenvalue weighted by atomic mass is 32.2. The van der Waals surface area contributed by atoms with Gasteiger partial charge in [-0.25, -0.2) is 13.1 Å². The standard InChI is InChI=1S/C19H30N2O3S/c1-14-10-15(2)13-21(12-14)18(22)11-20-25(23,24)17-8-6-16(7-9-17)19(3,4)5/h6-9,14-15,20H,10-13H2,1-5H3/t14-,15-/m0/s1. The lowest BCUT2D eigenvalue weighted by atomic mass is 9.87. The van der Waals surface area contributed by atoms with Crippen molar-refractivity contribution in [3.05, 3.63) is 29.8 Å². The molecular weight excluding hydrogens is 336 g/mol. The van der Waals surface area contributed by atoms with Crippen molar-refractivity contribution in [3.8, 4) is 0 Å². The fourth-order valence-electron chi connectivity index (χ4n) is 3.35. The summed E-state index contributed by atoms with van der Waals surface area (Å²) in [5.74, 6) is 0.747. The number of nitrogens with one attached hydrogen (secondary N) is 1. The topological polar surface area (TPSA) is 66.5 Å². The average molecular weight is 367 g/mol. The van der Waals surface area contributed by atoms with Crippen molar-refractivity contribution in [2.24, 2.45) is 11.8 Å². The van der Waals surface area contributed by atoms with Crippen LogP contribution in [-0.4, -0.2) is 38.9 Å². The van der Waals surface area contributed by atoms with Gasteiger partial charge in [-0.2, -0.15) is 0 Å². The van der Waals surface area contributed by atoms with Gasteiger partial charge in [0.05, 0.1) is 11.4 Å². The number of nitrogens with zero attached hydrogens (tertiary/aromatic N) is 1. The summed E-state index contributed by atoms with van der Waals surface area (Å²) in [5, 5.41) is 0. The summed E-state index contributed by atoms with van der Waals surface area (Å²) in [4.78, 5) is 14.3. The zero-order chi connectivity index (χ0) is 18.8. The van der Waals surface area contributed by atoms with Crippen molar-refractivity contribution in [3.63, 3.8) is 0 Å². The van der Waals surface area contributed by atoms with Gasteiger partial charge in [0, 0.05) is 13.1 Å². The molecule has 0 aromatic heterocycles. The van der Waals surface area contributed by atoms with Crippen molar-refractivity contribution < 1.29 is 13.2 Å². The number of sulfonamides is 1. The molecule has 1 aromatic carbocycles. The van der Waals surface area contributed by atoms with E-state index in [2.05, 4.69) is 39.3 Å². The van der Waals surface area contributed by atoms with Crippen LogP contribution in [0.5, 0.6) is 0 Å². The molecule has 0 spiro atoms. The van der Waals surface area contributed by atoms with Gasteiger partial charge in [-0.05, 0) is 41.4 Å². The number of piperidine rings is 1. The SMILES string of the molecule is C[C@H]1C[C@H](C)CN(C(=O)CNS(=O)(=O)c2ccc(C(C)(C)C)cc2)C1. The number of benzene rings is 1. The minimum absolute atomic E-state index is 0.0344. The Balaban J connectivity index is 2.00. The Kier molecular flexibility index (Phi) is 5.94. The van der Waals surface area contributed by atoms with Gasteiger partial charge in [-0.15, -0.1) is 0 Å². The van der Waals surface area contributed by atoms with E-state index in [9.17, 15) is 13.2 Å². The summed E-state index contributed by atoms with van der Waals surface area (Å²) >= 11 is 0. The van der Waals surface area contributed by atoms with Crippen molar-refractivity contribution >= 4 is 15.9 Å². The summed E-state index contributed by atoms with van der Waals surface area (Å²) < 4.78 is 27.3. The maximum absolute atomic E-state index is 12.4. The molecule has 5 nitrogen and oxygen atoms in total. The van der Waals surface area contributed by atoms with Crippen molar-refractivity contribution in [2.75, 3.05) is 19.6 Å². The van der Waals surface area contributed by atoms with Crippen molar-refractivity contribution in [2.45, 2.75) is 51.3 Å². The number of hydrogen-bond donors (Lipinski definition) is 1. The number of likely N-dealkylation sites (tertiary alicyclic amines) is 1. The van der Waals surface area contributed by atoms with E-state index in [1.54, 1.807) is 17.0 Å². The summed E-state index contributed by atoms with van der Waals surface area (Å²) in [6, 6.07) is 6.84. The zero-order valence-electron chi connectivity index (χ0n) is 15.9. The van der Waals surface area contributed by atoms with E-state index in [-0.39, 0.29) is 22.8 Å². The molecule has 1 aromatic rings. The Morgan fingerprint density at radius 3 is 2.12 bits per heavy atom. The van der Waals surface area contributed by atoms with Crippen molar-refractivity contribution in [1.82, 2.24) is 9.62 Å². The van der Waals surface area contributed by atoms with Gasteiger partial charge < -0.3 is 4.90 Å². The molecule has 2 rings (SSSR count). The molecule has 2 atom stereocenters. The lowest BCUT2D eigenvalue weighted by Crippen LogP contribution is -2.46. The van der Waals surface area contributed by atoms with Gasteiger partial charge in [0.25, 0.3) is 0 Å². The first-order chi connectivity index (χ1) is 11.5. The molecule has 1 aliphatic rings. The first kappa shape index (κ1) is 19.9. The fraction of sp³-hybridized carbons (Fsp3) is 0.632. The van der Waals surface area contributed by atoms with E-state index < -0.39 is 10.0 Å². The molecule has 1 fully saturated rings. The number of hydrogen-bond acceptors (Lipinski definition) is 3. The Morgan fingerprint density at radius 2 is 1.64 bits per heavy atom. The molecule has 0 radical (unpaired) electrons. The lowest BCUT2D eigenvalue weighted by molar-refractivity contribution is -0.132. The summed E-state index contributed by atoms with van der Waals surface area (Å²) in [6.45, 7) is 11.7. The Hall–Kier alpha value is -1.40. The molecule has 6 heteroatoms. The maximum atomic E-state index is 12.4. The smallest absolute Gasteiger partial charge is 0.241 e. The van der Waals surface area contributed by atoms with Crippen LogP contribution in [-0.2, 0) is 20.2 Å². The number of amides is 1. The predicted octanol–water partition coefficient (Wildman–Crippen LogP) is 2.77. The minimum atomic E-state index is -3.68. The quantitative estimate of drug-likeness (QED) is 0.891. The largest absolute Gasteiger partial charge is 0.341 e. The molecule has 0 saturated carbocycles. The van der Waals surface area contributed by atoms with E-state index in [0.29, 0.717) is 24.9 Å². The first-order valence-corrected chi connectivity index (χ1v) is 10.4. The summed E-state index contributed by atoms with van der Waals surface area (Å²) in [5.41, 5.74) is 1.03. The fourth-order valence-corrected chi connectivity index (χ4v) is 4.33. The molecule has 1 N–H and O–H groups in total. The molecular formula is C19H30N2O3S. The van der Waals surface area contributed by atoms with Gasteiger partial charge in [0.15, 0.2) is 0 Å². The van der Waals surface area contributed by atoms with Gasteiger partial charge in [0.1, 0.15) is 0 Å². The molecule has 25 heavy (non-hydrogen) atoms. The number of rotatable bonds is 4. The highest BCUT2D eigenvalue weighted by Crippen LogP contribution is 2.23. The van der Waals surface area contributed by atoms with Crippen LogP contribution in [0.2, 0.25) is 0 Å². The molecule has 1 saturated heterocycles. The van der Waals surface area contributed by atoms with E-state index in [1.165, 1.54) is 0 Å². The highest BCUT2D eigenvalue weighted by molar-refractivity contribution is 7.89. The number of carbonyl (C=O) groups excluding carboxylic acids is 1. The second kappa shape index (κ2) is 7.46. The van der Waals surface area contributed by atoms with Gasteiger partial charge >= 0.3 is 0 Å². The van der Waals surface area contributed by atoms with E-state index in [4.69, 9.17) is 0 Å². The predicted molar refractivity (Wildman–Crippen MR) is 99.9 cm³/mol. The van der Waals surface area contributed by atoms with E-state index >= 15 is 0 Å². The highest BCUT2D eigenvalue weighted by Gasteiger charge is 2.26. The van der Waals surface area contributed by atoms with Gasteiger partial charge in [-0.1, -0.05) is 46.8 Å². The average Bonchev–Trinajstić information content (AvgIpc) is 2.51. The zero-order valence-corrected chi connectivity index (χ0v) is 16.7.